The Morgan fingerprint density at radius 1 is 1.44 bits per heavy atom. The van der Waals surface area contributed by atoms with Gasteiger partial charge in [-0.2, -0.15) is 0 Å². The molecule has 0 radical (unpaired) electrons. The topological polar surface area (TPSA) is 62.2 Å². The van der Waals surface area contributed by atoms with Crippen LogP contribution >= 0.6 is 11.6 Å². The molecule has 0 saturated heterocycles. The van der Waals surface area contributed by atoms with Crippen LogP contribution in [0.15, 0.2) is 42.6 Å². The number of carbonyl (C=O) groups excluding carboxylic acids is 1. The molecule has 132 valence electrons. The number of aliphatic hydroxyl groups excluding tert-OH is 1. The third-order valence-corrected chi connectivity index (χ3v) is 4.96. The minimum atomic E-state index is -2.16. The normalized spacial score (nSPS) is 23.6. The van der Waals surface area contributed by atoms with E-state index in [1.165, 1.54) is 12.3 Å². The lowest BCUT2D eigenvalue weighted by Gasteiger charge is -2.32. The van der Waals surface area contributed by atoms with Gasteiger partial charge in [0.2, 0.25) is 5.67 Å². The Hall–Kier alpha value is -1.98. The van der Waals surface area contributed by atoms with Crippen LogP contribution in [-0.2, 0) is 10.5 Å². The van der Waals surface area contributed by atoms with Crippen molar-refractivity contribution in [1.82, 2.24) is 10.3 Å². The SMILES string of the molecule is C[C@H](CNC(=O)[C@]1(F)CC[C@H](O)c2ncccc21)c1ccc(Cl)cc1. The van der Waals surface area contributed by atoms with Crippen LogP contribution in [-0.4, -0.2) is 22.5 Å². The average Bonchev–Trinajstić information content (AvgIpc) is 2.63. The summed E-state index contributed by atoms with van der Waals surface area (Å²) in [5.74, 6) is -0.665. The molecule has 4 nitrogen and oxygen atoms in total. The molecule has 0 saturated carbocycles. The van der Waals surface area contributed by atoms with Crippen molar-refractivity contribution >= 4 is 17.5 Å². The smallest absolute Gasteiger partial charge is 0.262 e. The van der Waals surface area contributed by atoms with Crippen LogP contribution in [0.5, 0.6) is 0 Å². The van der Waals surface area contributed by atoms with E-state index in [0.717, 1.165) is 5.56 Å². The number of rotatable bonds is 4. The van der Waals surface area contributed by atoms with Gasteiger partial charge in [-0.15, -0.1) is 0 Å². The number of aliphatic hydroxyl groups is 1. The van der Waals surface area contributed by atoms with E-state index in [1.807, 2.05) is 19.1 Å². The van der Waals surface area contributed by atoms with Crippen molar-refractivity contribution in [1.29, 1.82) is 0 Å². The molecule has 0 aliphatic heterocycles. The highest BCUT2D eigenvalue weighted by Crippen LogP contribution is 2.42. The first-order valence-electron chi connectivity index (χ1n) is 8.28. The summed E-state index contributed by atoms with van der Waals surface area (Å²) in [7, 11) is 0. The zero-order valence-corrected chi connectivity index (χ0v) is 14.6. The maximum Gasteiger partial charge on any atom is 0.262 e. The molecule has 0 spiro atoms. The van der Waals surface area contributed by atoms with E-state index in [9.17, 15) is 9.90 Å². The van der Waals surface area contributed by atoms with Crippen molar-refractivity contribution in [2.45, 2.75) is 37.5 Å². The van der Waals surface area contributed by atoms with Crippen LogP contribution < -0.4 is 5.32 Å². The van der Waals surface area contributed by atoms with Crippen molar-refractivity contribution < 1.29 is 14.3 Å². The van der Waals surface area contributed by atoms with Crippen molar-refractivity contribution in [2.24, 2.45) is 0 Å². The summed E-state index contributed by atoms with van der Waals surface area (Å²) >= 11 is 5.88. The Kier molecular flexibility index (Phi) is 5.06. The van der Waals surface area contributed by atoms with Gasteiger partial charge in [-0.1, -0.05) is 36.7 Å². The first-order chi connectivity index (χ1) is 11.9. The van der Waals surface area contributed by atoms with Crippen molar-refractivity contribution in [3.63, 3.8) is 0 Å². The second-order valence-electron chi connectivity index (χ2n) is 6.45. The number of alkyl halides is 1. The lowest BCUT2D eigenvalue weighted by Crippen LogP contribution is -2.45. The third-order valence-electron chi connectivity index (χ3n) is 4.71. The zero-order chi connectivity index (χ0) is 18.0. The molecule has 0 fully saturated rings. The first-order valence-corrected chi connectivity index (χ1v) is 8.66. The molecule has 1 aliphatic carbocycles. The predicted octanol–water partition coefficient (Wildman–Crippen LogP) is 3.65. The summed E-state index contributed by atoms with van der Waals surface area (Å²) in [5, 5.41) is 13.3. The van der Waals surface area contributed by atoms with Gasteiger partial charge in [-0.3, -0.25) is 9.78 Å². The number of halogens is 2. The van der Waals surface area contributed by atoms with Crippen LogP contribution in [0.3, 0.4) is 0 Å². The van der Waals surface area contributed by atoms with E-state index in [-0.39, 0.29) is 30.0 Å². The fourth-order valence-electron chi connectivity index (χ4n) is 3.16. The number of hydrogen-bond donors (Lipinski definition) is 2. The van der Waals surface area contributed by atoms with Crippen LogP contribution in [0.4, 0.5) is 4.39 Å². The number of carbonyl (C=O) groups is 1. The lowest BCUT2D eigenvalue weighted by atomic mass is 9.81. The Balaban J connectivity index is 1.73. The maximum atomic E-state index is 15.5. The number of nitrogens with one attached hydrogen (secondary N) is 1. The Labute approximate surface area is 151 Å². The van der Waals surface area contributed by atoms with Gasteiger partial charge in [0.1, 0.15) is 0 Å². The van der Waals surface area contributed by atoms with Gasteiger partial charge in [0.05, 0.1) is 11.8 Å². The minimum absolute atomic E-state index is 0.0207. The standard InChI is InChI=1S/C19H20ClFN2O2/c1-12(13-4-6-14(20)7-5-13)11-23-18(25)19(21)9-8-16(24)17-15(19)3-2-10-22-17/h2-7,10,12,16,24H,8-9,11H2,1H3,(H,23,25)/t12-,16+,19+/m1/s1. The summed E-state index contributed by atoms with van der Waals surface area (Å²) in [6.07, 6.45) is 0.768. The van der Waals surface area contributed by atoms with E-state index >= 15 is 4.39 Å². The minimum Gasteiger partial charge on any atom is -0.387 e. The molecular weight excluding hydrogens is 343 g/mol. The molecule has 6 heteroatoms. The molecule has 2 aromatic rings. The number of hydrogen-bond acceptors (Lipinski definition) is 3. The van der Waals surface area contributed by atoms with Gasteiger partial charge >= 0.3 is 0 Å². The molecular formula is C19H20ClFN2O2. The maximum absolute atomic E-state index is 15.5. The first kappa shape index (κ1) is 17.8. The zero-order valence-electron chi connectivity index (χ0n) is 13.9. The van der Waals surface area contributed by atoms with Crippen molar-refractivity contribution in [3.8, 4) is 0 Å². The highest BCUT2D eigenvalue weighted by atomic mass is 35.5. The van der Waals surface area contributed by atoms with E-state index in [0.29, 0.717) is 11.6 Å². The van der Waals surface area contributed by atoms with Crippen molar-refractivity contribution in [2.75, 3.05) is 6.54 Å². The quantitative estimate of drug-likeness (QED) is 0.872. The summed E-state index contributed by atoms with van der Waals surface area (Å²) in [6, 6.07) is 10.5. The second-order valence-corrected chi connectivity index (χ2v) is 6.89. The summed E-state index contributed by atoms with van der Waals surface area (Å²) in [4.78, 5) is 16.6. The molecule has 1 aromatic heterocycles. The Morgan fingerprint density at radius 2 is 2.16 bits per heavy atom. The average molecular weight is 363 g/mol. The number of aromatic nitrogens is 1. The molecule has 2 N–H and O–H groups in total. The molecule has 1 heterocycles. The van der Waals surface area contributed by atoms with E-state index < -0.39 is 17.7 Å². The summed E-state index contributed by atoms with van der Waals surface area (Å²) in [6.45, 7) is 2.26. The molecule has 3 atom stereocenters. The molecule has 3 rings (SSSR count). The van der Waals surface area contributed by atoms with Gasteiger partial charge in [0.15, 0.2) is 0 Å². The monoisotopic (exact) mass is 362 g/mol. The van der Waals surface area contributed by atoms with Crippen LogP contribution in [0.2, 0.25) is 5.02 Å². The highest BCUT2D eigenvalue weighted by molar-refractivity contribution is 6.30. The Bertz CT molecular complexity index is 768. The third kappa shape index (κ3) is 3.53. The molecule has 0 bridgehead atoms. The van der Waals surface area contributed by atoms with Gasteiger partial charge < -0.3 is 10.4 Å². The summed E-state index contributed by atoms with van der Waals surface area (Å²) < 4.78 is 15.5. The number of nitrogens with zero attached hydrogens (tertiary/aromatic N) is 1. The number of amides is 1. The Morgan fingerprint density at radius 3 is 2.88 bits per heavy atom. The summed E-state index contributed by atoms with van der Waals surface area (Å²) in [5.41, 5.74) is -0.746. The van der Waals surface area contributed by atoms with Gasteiger partial charge in [0, 0.05) is 23.3 Å². The highest BCUT2D eigenvalue weighted by Gasteiger charge is 2.46. The van der Waals surface area contributed by atoms with Crippen LogP contribution in [0, 0.1) is 0 Å². The van der Waals surface area contributed by atoms with Gasteiger partial charge in [-0.25, -0.2) is 4.39 Å². The second kappa shape index (κ2) is 7.10. The van der Waals surface area contributed by atoms with E-state index in [1.54, 1.807) is 18.2 Å². The molecule has 1 amide bonds. The molecule has 1 aromatic carbocycles. The fraction of sp³-hybridized carbons (Fsp3) is 0.368. The van der Waals surface area contributed by atoms with Gasteiger partial charge in [0.25, 0.3) is 5.91 Å². The number of benzene rings is 1. The van der Waals surface area contributed by atoms with Crippen molar-refractivity contribution in [3.05, 3.63) is 64.4 Å². The lowest BCUT2D eigenvalue weighted by molar-refractivity contribution is -0.135. The van der Waals surface area contributed by atoms with Crippen LogP contribution in [0.25, 0.3) is 0 Å². The predicted molar refractivity (Wildman–Crippen MR) is 94.1 cm³/mol. The van der Waals surface area contributed by atoms with Crippen LogP contribution in [0.1, 0.15) is 48.6 Å². The molecule has 25 heavy (non-hydrogen) atoms. The molecule has 0 unspecified atom stereocenters. The van der Waals surface area contributed by atoms with Gasteiger partial charge in [-0.05, 0) is 42.5 Å². The number of fused-ring (bicyclic) bond motifs is 1. The fourth-order valence-corrected chi connectivity index (χ4v) is 3.28. The number of pyridine rings is 1. The van der Waals surface area contributed by atoms with E-state index in [2.05, 4.69) is 10.3 Å². The largest absolute Gasteiger partial charge is 0.387 e. The van der Waals surface area contributed by atoms with E-state index in [4.69, 9.17) is 11.6 Å². The molecule has 1 aliphatic rings.